The van der Waals surface area contributed by atoms with Crippen LogP contribution in [0.4, 0.5) is 0 Å². The van der Waals surface area contributed by atoms with Crippen LogP contribution in [-0.4, -0.2) is 23.3 Å². The number of fused-ring (bicyclic) bond motifs is 1. The standard InChI is InChI=1S/C11H10NO2.CN.BrH.Cu.Zn/c1-2-7-12-10(13)8-5-3-4-6-9(8)11(12)14;1-2;;;/h3-6H,1-2,7H2;;1H;;/q2*-1;;+1;+2/p-1. The average molecular weight is 423 g/mol. The van der Waals surface area contributed by atoms with Gasteiger partial charge in [0, 0.05) is 6.54 Å². The normalized spacial score (nSPS) is 11.4. The molecule has 0 radical (unpaired) electrons. The number of hydrogen-bond donors (Lipinski definition) is 0. The maximum atomic E-state index is 11.7. The van der Waals surface area contributed by atoms with Gasteiger partial charge in [-0.3, -0.25) is 14.5 Å². The molecule has 0 bridgehead atoms. The van der Waals surface area contributed by atoms with E-state index in [1.54, 1.807) is 24.3 Å². The molecule has 1 aromatic carbocycles. The van der Waals surface area contributed by atoms with E-state index in [1.807, 2.05) is 0 Å². The van der Waals surface area contributed by atoms with Gasteiger partial charge in [0.2, 0.25) is 0 Å². The summed E-state index contributed by atoms with van der Waals surface area (Å²) in [5.74, 6) is -0.400. The Balaban J connectivity index is 0. The third kappa shape index (κ3) is 4.82. The molecule has 0 unspecified atom stereocenters. The van der Waals surface area contributed by atoms with Gasteiger partial charge in [0.15, 0.2) is 0 Å². The monoisotopic (exact) mass is 420 g/mol. The van der Waals surface area contributed by atoms with E-state index >= 15 is 0 Å². The van der Waals surface area contributed by atoms with E-state index < -0.39 is 0 Å². The van der Waals surface area contributed by atoms with E-state index in [9.17, 15) is 9.59 Å². The molecule has 1 aromatic rings. The number of halogens is 1. The molecule has 4 nitrogen and oxygen atoms in total. The zero-order chi connectivity index (χ0) is 14.1. The molecule has 7 heteroatoms. The minimum absolute atomic E-state index is 0. The van der Waals surface area contributed by atoms with Crippen LogP contribution in [0.5, 0.6) is 0 Å². The fourth-order valence-electron chi connectivity index (χ4n) is 1.60. The summed E-state index contributed by atoms with van der Waals surface area (Å²) in [5.41, 5.74) is 1.01. The van der Waals surface area contributed by atoms with Gasteiger partial charge in [-0.2, -0.15) is 6.42 Å². The van der Waals surface area contributed by atoms with Gasteiger partial charge in [-0.25, -0.2) is 0 Å². The van der Waals surface area contributed by atoms with Crippen LogP contribution < -0.4 is 0 Å². The molecule has 0 saturated heterocycles. The SMILES string of the molecule is [C-]#N.[CH2-]CCN1C(=O)c2ccccc2C1=O.[Cu+].[Zn+][Br]. The molecular formula is C12H10BrCuN2O2Zn. The van der Waals surface area contributed by atoms with Crippen LogP contribution in [-0.2, 0) is 33.4 Å². The van der Waals surface area contributed by atoms with E-state index in [0.717, 1.165) is 0 Å². The molecule has 1 heterocycles. The van der Waals surface area contributed by atoms with Crippen molar-refractivity contribution in [1.82, 2.24) is 4.90 Å². The second kappa shape index (κ2) is 11.3. The fraction of sp³-hybridized carbons (Fsp3) is 0.167. The summed E-state index contributed by atoms with van der Waals surface area (Å²) in [6.07, 6.45) is 0.547. The molecule has 0 saturated carbocycles. The number of imide groups is 1. The first kappa shape index (κ1) is 20.8. The predicted octanol–water partition coefficient (Wildman–Crippen LogP) is 2.44. The van der Waals surface area contributed by atoms with Crippen molar-refractivity contribution in [2.45, 2.75) is 6.42 Å². The topological polar surface area (TPSA) is 61.2 Å². The van der Waals surface area contributed by atoms with Crippen LogP contribution in [0.3, 0.4) is 0 Å². The zero-order valence-electron chi connectivity index (χ0n) is 10.0. The molecule has 100 valence electrons. The maximum absolute atomic E-state index is 11.7. The second-order valence-electron chi connectivity index (χ2n) is 3.16. The third-order valence-electron chi connectivity index (χ3n) is 2.26. The Morgan fingerprint density at radius 2 is 1.53 bits per heavy atom. The Morgan fingerprint density at radius 3 is 1.84 bits per heavy atom. The molecule has 0 N–H and O–H groups in total. The van der Waals surface area contributed by atoms with Gasteiger partial charge in [0.25, 0.3) is 11.8 Å². The van der Waals surface area contributed by atoms with Crippen molar-refractivity contribution < 1.29 is 43.0 Å². The summed E-state index contributed by atoms with van der Waals surface area (Å²) in [5, 5.41) is 6.25. The number of carbonyl (C=O) groups excluding carboxylic acids is 2. The first-order valence-electron chi connectivity index (χ1n) is 4.99. The quantitative estimate of drug-likeness (QED) is 0.417. The summed E-state index contributed by atoms with van der Waals surface area (Å²) in [6.45, 7) is 8.78. The molecule has 1 aliphatic rings. The summed E-state index contributed by atoms with van der Waals surface area (Å²) in [6, 6.07) is 6.88. The van der Waals surface area contributed by atoms with Crippen LogP contribution in [0.2, 0.25) is 0 Å². The number of benzene rings is 1. The molecule has 0 spiro atoms. The molecule has 0 aromatic heterocycles. The van der Waals surface area contributed by atoms with E-state index in [0.29, 0.717) is 24.1 Å². The molecule has 19 heavy (non-hydrogen) atoms. The molecule has 0 aliphatic carbocycles. The van der Waals surface area contributed by atoms with Gasteiger partial charge in [-0.05, 0) is 12.1 Å². The van der Waals surface area contributed by atoms with Crippen LogP contribution in [0.25, 0.3) is 0 Å². The third-order valence-corrected chi connectivity index (χ3v) is 2.26. The summed E-state index contributed by atoms with van der Waals surface area (Å²) in [7, 11) is 0. The van der Waals surface area contributed by atoms with Crippen molar-refractivity contribution in [2.75, 3.05) is 6.54 Å². The molecule has 0 atom stereocenters. The van der Waals surface area contributed by atoms with Crippen molar-refractivity contribution in [3.8, 4) is 0 Å². The number of carbonyl (C=O) groups is 2. The van der Waals surface area contributed by atoms with E-state index in [-0.39, 0.29) is 28.9 Å². The molecular weight excluding hydrogens is 413 g/mol. The number of nitrogens with zero attached hydrogens (tertiary/aromatic N) is 2. The molecule has 2 amide bonds. The van der Waals surface area contributed by atoms with Crippen LogP contribution in [0.1, 0.15) is 27.1 Å². The van der Waals surface area contributed by atoms with Gasteiger partial charge in [-0.1, -0.05) is 12.1 Å². The molecule has 1 aliphatic heterocycles. The van der Waals surface area contributed by atoms with Gasteiger partial charge in [-0.15, -0.1) is 0 Å². The summed E-state index contributed by atoms with van der Waals surface area (Å²) < 4.78 is 0. The van der Waals surface area contributed by atoms with Gasteiger partial charge < -0.3 is 18.8 Å². The fourth-order valence-corrected chi connectivity index (χ4v) is 1.60. The summed E-state index contributed by atoms with van der Waals surface area (Å²) in [4.78, 5) is 24.6. The van der Waals surface area contributed by atoms with Gasteiger partial charge >= 0.3 is 47.0 Å². The van der Waals surface area contributed by atoms with Crippen LogP contribution in [0.15, 0.2) is 24.3 Å². The zero-order valence-corrected chi connectivity index (χ0v) is 15.5. The predicted molar refractivity (Wildman–Crippen MR) is 65.7 cm³/mol. The first-order chi connectivity index (χ1) is 8.75. The Labute approximate surface area is 140 Å². The van der Waals surface area contributed by atoms with Crippen LogP contribution in [0, 0.1) is 18.8 Å². The molecule has 2 rings (SSSR count). The Bertz CT molecular complexity index is 419. The van der Waals surface area contributed by atoms with Crippen LogP contribution >= 0.6 is 13.6 Å². The van der Waals surface area contributed by atoms with Crippen molar-refractivity contribution in [3.05, 3.63) is 48.9 Å². The average Bonchev–Trinajstić information content (AvgIpc) is 2.69. The Morgan fingerprint density at radius 1 is 1.16 bits per heavy atom. The second-order valence-corrected chi connectivity index (χ2v) is 3.16. The Hall–Kier alpha value is -0.527. The van der Waals surface area contributed by atoms with Crippen molar-refractivity contribution in [2.24, 2.45) is 0 Å². The molecule has 0 fully saturated rings. The van der Waals surface area contributed by atoms with E-state index in [4.69, 9.17) is 11.8 Å². The number of hydrogen-bond acceptors (Lipinski definition) is 3. The van der Waals surface area contributed by atoms with Gasteiger partial charge in [0.1, 0.15) is 0 Å². The summed E-state index contributed by atoms with van der Waals surface area (Å²) >= 11 is 4.25. The van der Waals surface area contributed by atoms with E-state index in [2.05, 4.69) is 20.5 Å². The van der Waals surface area contributed by atoms with E-state index in [1.165, 1.54) is 21.2 Å². The van der Waals surface area contributed by atoms with Crippen molar-refractivity contribution in [3.63, 3.8) is 0 Å². The van der Waals surface area contributed by atoms with Crippen molar-refractivity contribution >= 4 is 25.4 Å². The minimum atomic E-state index is -0.200. The number of amides is 2. The van der Waals surface area contributed by atoms with Crippen molar-refractivity contribution in [1.29, 1.82) is 5.26 Å². The number of rotatable bonds is 2. The first-order valence-corrected chi connectivity index (χ1v) is 11.9. The van der Waals surface area contributed by atoms with Gasteiger partial charge in [0.05, 0.1) is 11.1 Å². The Kier molecular flexibility index (Phi) is 12.4.